The van der Waals surface area contributed by atoms with Crippen molar-refractivity contribution in [3.8, 4) is 0 Å². The fraction of sp³-hybridized carbons (Fsp3) is 0.923. The average molecular weight is 241 g/mol. The van der Waals surface area contributed by atoms with E-state index in [1.165, 1.54) is 0 Å². The molecule has 0 bridgehead atoms. The van der Waals surface area contributed by atoms with Gasteiger partial charge >= 0.3 is 6.09 Å². The van der Waals surface area contributed by atoms with Crippen LogP contribution in [0, 0.1) is 11.8 Å². The number of rotatable bonds is 0. The van der Waals surface area contributed by atoms with Crippen molar-refractivity contribution < 1.29 is 14.6 Å². The second-order valence-corrected chi connectivity index (χ2v) is 6.31. The zero-order valence-corrected chi connectivity index (χ0v) is 11.0. The van der Waals surface area contributed by atoms with Gasteiger partial charge in [-0.3, -0.25) is 0 Å². The minimum atomic E-state index is -0.441. The topological polar surface area (TPSA) is 49.8 Å². The first-order valence-electron chi connectivity index (χ1n) is 6.53. The predicted octanol–water partition coefficient (Wildman–Crippen LogP) is 2.01. The monoisotopic (exact) mass is 241 g/mol. The van der Waals surface area contributed by atoms with Gasteiger partial charge in [0.05, 0.1) is 6.10 Å². The number of hydrogen-bond acceptors (Lipinski definition) is 3. The van der Waals surface area contributed by atoms with Crippen molar-refractivity contribution in [2.45, 2.75) is 51.7 Å². The smallest absolute Gasteiger partial charge is 0.410 e. The lowest BCUT2D eigenvalue weighted by atomic mass is 9.80. The van der Waals surface area contributed by atoms with E-state index in [4.69, 9.17) is 4.74 Å². The Morgan fingerprint density at radius 1 is 1.29 bits per heavy atom. The number of carbonyl (C=O) groups excluding carboxylic acids is 1. The largest absolute Gasteiger partial charge is 0.444 e. The van der Waals surface area contributed by atoms with Gasteiger partial charge in [0.25, 0.3) is 0 Å². The van der Waals surface area contributed by atoms with Crippen LogP contribution in [0.25, 0.3) is 0 Å². The van der Waals surface area contributed by atoms with E-state index in [1.807, 2.05) is 20.8 Å². The van der Waals surface area contributed by atoms with Crippen LogP contribution in [0.3, 0.4) is 0 Å². The average Bonchev–Trinajstić information content (AvgIpc) is 2.60. The molecule has 0 aromatic heterocycles. The van der Waals surface area contributed by atoms with Gasteiger partial charge in [0.2, 0.25) is 0 Å². The molecule has 17 heavy (non-hydrogen) atoms. The van der Waals surface area contributed by atoms with Gasteiger partial charge in [-0.05, 0) is 39.5 Å². The van der Waals surface area contributed by atoms with E-state index in [9.17, 15) is 9.90 Å². The molecular weight excluding hydrogens is 218 g/mol. The van der Waals surface area contributed by atoms with Crippen molar-refractivity contribution >= 4 is 6.09 Å². The van der Waals surface area contributed by atoms with Crippen LogP contribution >= 0.6 is 0 Å². The summed E-state index contributed by atoms with van der Waals surface area (Å²) in [5.41, 5.74) is -0.441. The van der Waals surface area contributed by atoms with E-state index in [-0.39, 0.29) is 18.1 Å². The lowest BCUT2D eigenvalue weighted by molar-refractivity contribution is 0.0263. The Balaban J connectivity index is 1.95. The number of ether oxygens (including phenoxy) is 1. The van der Waals surface area contributed by atoms with Gasteiger partial charge in [0.15, 0.2) is 0 Å². The molecule has 1 amide bonds. The minimum absolute atomic E-state index is 0.235. The summed E-state index contributed by atoms with van der Waals surface area (Å²) in [6.45, 7) is 7.03. The predicted molar refractivity (Wildman–Crippen MR) is 64.6 cm³/mol. The molecule has 1 N–H and O–H groups in total. The van der Waals surface area contributed by atoms with E-state index in [0.717, 1.165) is 25.8 Å². The Hall–Kier alpha value is -0.770. The highest BCUT2D eigenvalue weighted by Crippen LogP contribution is 2.36. The van der Waals surface area contributed by atoms with Crippen LogP contribution < -0.4 is 0 Å². The van der Waals surface area contributed by atoms with E-state index in [1.54, 1.807) is 4.90 Å². The summed E-state index contributed by atoms with van der Waals surface area (Å²) in [6, 6.07) is 0. The fourth-order valence-corrected chi connectivity index (χ4v) is 2.92. The Kier molecular flexibility index (Phi) is 3.34. The maximum Gasteiger partial charge on any atom is 0.410 e. The summed E-state index contributed by atoms with van der Waals surface area (Å²) in [7, 11) is 0. The third kappa shape index (κ3) is 2.92. The van der Waals surface area contributed by atoms with Crippen LogP contribution in [-0.2, 0) is 4.74 Å². The summed E-state index contributed by atoms with van der Waals surface area (Å²) in [5.74, 6) is 0.725. The molecule has 2 fully saturated rings. The molecule has 1 saturated heterocycles. The van der Waals surface area contributed by atoms with Gasteiger partial charge in [0, 0.05) is 19.0 Å². The first-order valence-corrected chi connectivity index (χ1v) is 6.53. The molecular formula is C13H23NO3. The van der Waals surface area contributed by atoms with Crippen LogP contribution in [-0.4, -0.2) is 40.9 Å². The van der Waals surface area contributed by atoms with Gasteiger partial charge < -0.3 is 14.7 Å². The molecule has 4 heteroatoms. The number of hydrogen-bond donors (Lipinski definition) is 1. The third-order valence-corrected chi connectivity index (χ3v) is 3.71. The van der Waals surface area contributed by atoms with Gasteiger partial charge in [-0.1, -0.05) is 6.42 Å². The maximum atomic E-state index is 11.9. The second kappa shape index (κ2) is 4.48. The molecule has 3 unspecified atom stereocenters. The van der Waals surface area contributed by atoms with Crippen molar-refractivity contribution in [3.63, 3.8) is 0 Å². The molecule has 0 radical (unpaired) electrons. The van der Waals surface area contributed by atoms with Crippen molar-refractivity contribution in [2.24, 2.45) is 11.8 Å². The van der Waals surface area contributed by atoms with Crippen LogP contribution in [0.1, 0.15) is 40.0 Å². The highest BCUT2D eigenvalue weighted by Gasteiger charge is 2.42. The van der Waals surface area contributed by atoms with Crippen LogP contribution in [0.5, 0.6) is 0 Å². The zero-order chi connectivity index (χ0) is 12.6. The Bertz CT molecular complexity index is 298. The number of nitrogens with zero attached hydrogens (tertiary/aromatic N) is 1. The summed E-state index contributed by atoms with van der Waals surface area (Å²) in [5, 5.41) is 9.93. The normalized spacial score (nSPS) is 33.4. The lowest BCUT2D eigenvalue weighted by Crippen LogP contribution is -2.36. The summed E-state index contributed by atoms with van der Waals surface area (Å²) < 4.78 is 5.37. The number of amides is 1. The molecule has 0 aromatic carbocycles. The fourth-order valence-electron chi connectivity index (χ4n) is 2.92. The third-order valence-electron chi connectivity index (χ3n) is 3.71. The van der Waals surface area contributed by atoms with Crippen LogP contribution in [0.15, 0.2) is 0 Å². The Morgan fingerprint density at radius 2 is 2.00 bits per heavy atom. The van der Waals surface area contributed by atoms with Crippen molar-refractivity contribution in [1.29, 1.82) is 0 Å². The number of aliphatic hydroxyl groups excluding tert-OH is 1. The minimum Gasteiger partial charge on any atom is -0.444 e. The number of aliphatic hydroxyl groups is 1. The maximum absolute atomic E-state index is 11.9. The number of carbonyl (C=O) groups is 1. The molecule has 98 valence electrons. The summed E-state index contributed by atoms with van der Waals surface area (Å²) in [4.78, 5) is 13.7. The molecule has 0 spiro atoms. The highest BCUT2D eigenvalue weighted by molar-refractivity contribution is 5.68. The molecule has 1 aliphatic carbocycles. The second-order valence-electron chi connectivity index (χ2n) is 6.31. The standard InChI is InChI=1S/C13H23NO3/c1-13(2,3)17-12(16)14-7-9-5-4-6-11(15)10(9)8-14/h9-11,15H,4-8H2,1-3H3. The van der Waals surface area contributed by atoms with Crippen molar-refractivity contribution in [2.75, 3.05) is 13.1 Å². The molecule has 3 atom stereocenters. The Labute approximate surface area is 103 Å². The van der Waals surface area contributed by atoms with E-state index >= 15 is 0 Å². The molecule has 4 nitrogen and oxygen atoms in total. The highest BCUT2D eigenvalue weighted by atomic mass is 16.6. The van der Waals surface area contributed by atoms with Crippen LogP contribution in [0.2, 0.25) is 0 Å². The first-order chi connectivity index (χ1) is 7.87. The molecule has 1 heterocycles. The summed E-state index contributed by atoms with van der Waals surface area (Å²) in [6.07, 6.45) is 2.61. The van der Waals surface area contributed by atoms with E-state index < -0.39 is 5.60 Å². The lowest BCUT2D eigenvalue weighted by Gasteiger charge is -2.28. The summed E-state index contributed by atoms with van der Waals surface area (Å²) >= 11 is 0. The Morgan fingerprint density at radius 3 is 2.59 bits per heavy atom. The zero-order valence-electron chi connectivity index (χ0n) is 11.0. The molecule has 2 aliphatic rings. The van der Waals surface area contributed by atoms with Crippen molar-refractivity contribution in [3.05, 3.63) is 0 Å². The van der Waals surface area contributed by atoms with Crippen LogP contribution in [0.4, 0.5) is 4.79 Å². The van der Waals surface area contributed by atoms with E-state index in [0.29, 0.717) is 12.5 Å². The number of fused-ring (bicyclic) bond motifs is 1. The first kappa shape index (κ1) is 12.7. The van der Waals surface area contributed by atoms with Gasteiger partial charge in [-0.2, -0.15) is 0 Å². The van der Waals surface area contributed by atoms with Crippen molar-refractivity contribution in [1.82, 2.24) is 4.90 Å². The van der Waals surface area contributed by atoms with Gasteiger partial charge in [-0.25, -0.2) is 4.79 Å². The number of likely N-dealkylation sites (tertiary alicyclic amines) is 1. The van der Waals surface area contributed by atoms with Gasteiger partial charge in [-0.15, -0.1) is 0 Å². The van der Waals surface area contributed by atoms with Gasteiger partial charge in [0.1, 0.15) is 5.60 Å². The molecule has 0 aromatic rings. The molecule has 1 saturated carbocycles. The SMILES string of the molecule is CC(C)(C)OC(=O)N1CC2CCCC(O)C2C1. The van der Waals surface area contributed by atoms with E-state index in [2.05, 4.69) is 0 Å². The molecule has 2 rings (SSSR count). The quantitative estimate of drug-likeness (QED) is 0.706. The molecule has 1 aliphatic heterocycles.